The molecule has 4 N–H and O–H groups in total. The summed E-state index contributed by atoms with van der Waals surface area (Å²) in [6, 6.07) is 6.06. The van der Waals surface area contributed by atoms with Crippen molar-refractivity contribution in [2.45, 2.75) is 13.8 Å². The van der Waals surface area contributed by atoms with E-state index in [1.165, 1.54) is 22.5 Å². The molecule has 88 valence electrons. The zero-order valence-corrected chi connectivity index (χ0v) is 10.6. The van der Waals surface area contributed by atoms with Crippen LogP contribution in [0.1, 0.15) is 21.5 Å². The fourth-order valence-corrected chi connectivity index (χ4v) is 2.58. The Bertz CT molecular complexity index is 587. The first-order chi connectivity index (χ1) is 8.00. The number of hydrogen-bond acceptors (Lipinski definition) is 3. The summed E-state index contributed by atoms with van der Waals surface area (Å²) in [6.07, 6.45) is 0. The molecule has 3 nitrogen and oxygen atoms in total. The van der Waals surface area contributed by atoms with Crippen LogP contribution in [0.25, 0.3) is 11.1 Å². The molecule has 17 heavy (non-hydrogen) atoms. The van der Waals surface area contributed by atoms with Crippen LogP contribution in [0.15, 0.2) is 23.6 Å². The first-order valence-electron chi connectivity index (χ1n) is 5.25. The molecule has 0 aliphatic rings. The number of nitrogens with two attached hydrogens (primary N) is 2. The third kappa shape index (κ3) is 2.03. The Morgan fingerprint density at radius 2 is 1.94 bits per heavy atom. The van der Waals surface area contributed by atoms with Crippen molar-refractivity contribution in [2.75, 3.05) is 5.73 Å². The highest BCUT2D eigenvalue weighted by atomic mass is 32.1. The van der Waals surface area contributed by atoms with Gasteiger partial charge in [0.05, 0.1) is 10.6 Å². The molecule has 1 aromatic heterocycles. The highest BCUT2D eigenvalue weighted by Crippen LogP contribution is 2.33. The number of primary amides is 1. The van der Waals surface area contributed by atoms with Crippen LogP contribution in [0.2, 0.25) is 0 Å². The molecule has 0 saturated heterocycles. The number of amides is 1. The Kier molecular flexibility index (Phi) is 2.90. The van der Waals surface area contributed by atoms with Crippen LogP contribution in [0.5, 0.6) is 0 Å². The molecule has 0 aliphatic heterocycles. The second-order valence-electron chi connectivity index (χ2n) is 4.05. The molecule has 0 fully saturated rings. The predicted molar refractivity (Wildman–Crippen MR) is 72.2 cm³/mol. The number of carbonyl (C=O) groups is 1. The summed E-state index contributed by atoms with van der Waals surface area (Å²) in [5.41, 5.74) is 15.8. The topological polar surface area (TPSA) is 69.1 Å². The van der Waals surface area contributed by atoms with Gasteiger partial charge in [-0.3, -0.25) is 4.79 Å². The molecule has 2 aromatic rings. The molecule has 0 aliphatic carbocycles. The predicted octanol–water partition coefficient (Wildman–Crippen LogP) is 2.71. The molecule has 1 aromatic carbocycles. The molecule has 1 amide bonds. The average Bonchev–Trinajstić information content (AvgIpc) is 2.64. The van der Waals surface area contributed by atoms with Crippen LogP contribution in [0.3, 0.4) is 0 Å². The summed E-state index contributed by atoms with van der Waals surface area (Å²) in [4.78, 5) is 11.4. The van der Waals surface area contributed by atoms with Crippen LogP contribution < -0.4 is 11.5 Å². The van der Waals surface area contributed by atoms with Crippen molar-refractivity contribution in [3.8, 4) is 11.1 Å². The van der Waals surface area contributed by atoms with Gasteiger partial charge in [-0.1, -0.05) is 18.2 Å². The summed E-state index contributed by atoms with van der Waals surface area (Å²) < 4.78 is 0. The quantitative estimate of drug-likeness (QED) is 0.855. The summed E-state index contributed by atoms with van der Waals surface area (Å²) >= 11 is 1.34. The monoisotopic (exact) mass is 246 g/mol. The third-order valence-corrected chi connectivity index (χ3v) is 3.70. The number of rotatable bonds is 2. The fraction of sp³-hybridized carbons (Fsp3) is 0.154. The van der Waals surface area contributed by atoms with E-state index >= 15 is 0 Å². The summed E-state index contributed by atoms with van der Waals surface area (Å²) in [7, 11) is 0. The Balaban J connectivity index is 2.60. The van der Waals surface area contributed by atoms with Gasteiger partial charge in [0.2, 0.25) is 0 Å². The third-order valence-electron chi connectivity index (χ3n) is 2.88. The first-order valence-corrected chi connectivity index (χ1v) is 6.13. The lowest BCUT2D eigenvalue weighted by atomic mass is 9.99. The molecular weight excluding hydrogens is 232 g/mol. The lowest BCUT2D eigenvalue weighted by molar-refractivity contribution is 0.100. The molecular formula is C13H14N2OS. The summed E-state index contributed by atoms with van der Waals surface area (Å²) in [6.45, 7) is 4.09. The van der Waals surface area contributed by atoms with E-state index < -0.39 is 5.91 Å². The van der Waals surface area contributed by atoms with Crippen LogP contribution in [-0.2, 0) is 0 Å². The SMILES string of the molecule is Cc1ccc(-c2csc(N)c2C(N)=O)cc1C. The van der Waals surface area contributed by atoms with Crippen LogP contribution in [0.4, 0.5) is 5.00 Å². The summed E-state index contributed by atoms with van der Waals surface area (Å²) in [5, 5.41) is 2.35. The van der Waals surface area contributed by atoms with Crippen molar-refractivity contribution < 1.29 is 4.79 Å². The smallest absolute Gasteiger partial charge is 0.252 e. The lowest BCUT2D eigenvalue weighted by Crippen LogP contribution is -2.12. The zero-order chi connectivity index (χ0) is 12.6. The fourth-order valence-electron chi connectivity index (χ4n) is 1.75. The van der Waals surface area contributed by atoms with Crippen molar-refractivity contribution >= 4 is 22.2 Å². The maximum Gasteiger partial charge on any atom is 0.252 e. The second kappa shape index (κ2) is 4.22. The number of anilines is 1. The van der Waals surface area contributed by atoms with Crippen LogP contribution >= 0.6 is 11.3 Å². The van der Waals surface area contributed by atoms with E-state index in [-0.39, 0.29) is 0 Å². The normalized spacial score (nSPS) is 10.5. The Morgan fingerprint density at radius 3 is 2.53 bits per heavy atom. The van der Waals surface area contributed by atoms with Crippen molar-refractivity contribution in [1.82, 2.24) is 0 Å². The number of hydrogen-bond donors (Lipinski definition) is 2. The van der Waals surface area contributed by atoms with E-state index in [0.29, 0.717) is 10.6 Å². The zero-order valence-electron chi connectivity index (χ0n) is 9.78. The molecule has 4 heteroatoms. The summed E-state index contributed by atoms with van der Waals surface area (Å²) in [5.74, 6) is -0.475. The van der Waals surface area contributed by atoms with E-state index in [0.717, 1.165) is 11.1 Å². The van der Waals surface area contributed by atoms with Crippen molar-refractivity contribution in [3.63, 3.8) is 0 Å². The standard InChI is InChI=1S/C13H14N2OS/c1-7-3-4-9(5-8(7)2)10-6-17-13(15)11(10)12(14)16/h3-6H,15H2,1-2H3,(H2,14,16). The largest absolute Gasteiger partial charge is 0.390 e. The van der Waals surface area contributed by atoms with Crippen LogP contribution in [-0.4, -0.2) is 5.91 Å². The molecule has 0 radical (unpaired) electrons. The highest BCUT2D eigenvalue weighted by molar-refractivity contribution is 7.15. The van der Waals surface area contributed by atoms with E-state index in [1.807, 2.05) is 30.5 Å². The maximum absolute atomic E-state index is 11.4. The first kappa shape index (κ1) is 11.7. The van der Waals surface area contributed by atoms with Crippen LogP contribution in [0, 0.1) is 13.8 Å². The molecule has 0 bridgehead atoms. The highest BCUT2D eigenvalue weighted by Gasteiger charge is 2.16. The molecule has 0 atom stereocenters. The van der Waals surface area contributed by atoms with Gasteiger partial charge in [-0.05, 0) is 30.5 Å². The average molecular weight is 246 g/mol. The van der Waals surface area contributed by atoms with Crippen molar-refractivity contribution in [1.29, 1.82) is 0 Å². The second-order valence-corrected chi connectivity index (χ2v) is 4.96. The number of thiophene rings is 1. The minimum Gasteiger partial charge on any atom is -0.390 e. The molecule has 0 saturated carbocycles. The Morgan fingerprint density at radius 1 is 1.24 bits per heavy atom. The molecule has 0 unspecified atom stereocenters. The molecule has 2 rings (SSSR count). The van der Waals surface area contributed by atoms with Crippen molar-refractivity contribution in [2.24, 2.45) is 5.73 Å². The number of benzene rings is 1. The van der Waals surface area contributed by atoms with Crippen molar-refractivity contribution in [3.05, 3.63) is 40.3 Å². The number of carbonyl (C=O) groups excluding carboxylic acids is 1. The van der Waals surface area contributed by atoms with Gasteiger partial charge in [-0.25, -0.2) is 0 Å². The van der Waals surface area contributed by atoms with E-state index in [1.54, 1.807) is 0 Å². The van der Waals surface area contributed by atoms with Gasteiger partial charge < -0.3 is 11.5 Å². The van der Waals surface area contributed by atoms with E-state index in [9.17, 15) is 4.79 Å². The Labute approximate surface area is 104 Å². The Hall–Kier alpha value is -1.81. The van der Waals surface area contributed by atoms with Gasteiger partial charge in [0.25, 0.3) is 5.91 Å². The lowest BCUT2D eigenvalue weighted by Gasteiger charge is -2.05. The van der Waals surface area contributed by atoms with Gasteiger partial charge in [0.15, 0.2) is 0 Å². The van der Waals surface area contributed by atoms with Gasteiger partial charge in [0.1, 0.15) is 0 Å². The minimum atomic E-state index is -0.475. The molecule has 1 heterocycles. The minimum absolute atomic E-state index is 0.429. The van der Waals surface area contributed by atoms with E-state index in [4.69, 9.17) is 11.5 Å². The van der Waals surface area contributed by atoms with Gasteiger partial charge in [-0.15, -0.1) is 11.3 Å². The van der Waals surface area contributed by atoms with Gasteiger partial charge >= 0.3 is 0 Å². The van der Waals surface area contributed by atoms with Gasteiger partial charge in [-0.2, -0.15) is 0 Å². The van der Waals surface area contributed by atoms with Gasteiger partial charge in [0, 0.05) is 10.9 Å². The van der Waals surface area contributed by atoms with E-state index in [2.05, 4.69) is 6.92 Å². The number of aryl methyl sites for hydroxylation is 2. The number of nitrogen functional groups attached to an aromatic ring is 1. The molecule has 0 spiro atoms. The maximum atomic E-state index is 11.4.